The van der Waals surface area contributed by atoms with Gasteiger partial charge in [-0.15, -0.1) is 0 Å². The van der Waals surface area contributed by atoms with Crippen molar-refractivity contribution in [1.29, 1.82) is 0 Å². The number of halogens is 1. The summed E-state index contributed by atoms with van der Waals surface area (Å²) in [6, 6.07) is 13.5. The number of piperidine rings is 1. The number of amides is 1. The summed E-state index contributed by atoms with van der Waals surface area (Å²) in [5, 5.41) is 0. The Kier molecular flexibility index (Phi) is 6.55. The minimum absolute atomic E-state index is 0.182. The molecule has 6 nitrogen and oxygen atoms in total. The molecule has 1 saturated heterocycles. The number of allylic oxidation sites excluding steroid dienone is 1. The number of hydrogen-bond acceptors (Lipinski definition) is 5. The van der Waals surface area contributed by atoms with Gasteiger partial charge in [0.1, 0.15) is 5.82 Å². The highest BCUT2D eigenvalue weighted by Crippen LogP contribution is 2.46. The molecule has 0 saturated carbocycles. The third-order valence-corrected chi connectivity index (χ3v) is 6.80. The van der Waals surface area contributed by atoms with Gasteiger partial charge in [0.05, 0.1) is 5.92 Å². The van der Waals surface area contributed by atoms with Gasteiger partial charge in [0.15, 0.2) is 12.4 Å². The van der Waals surface area contributed by atoms with E-state index < -0.39 is 11.8 Å². The average molecular weight is 465 g/mol. The number of benzene rings is 2. The summed E-state index contributed by atoms with van der Waals surface area (Å²) in [4.78, 5) is 41.4. The fourth-order valence-electron chi connectivity index (χ4n) is 4.81. The monoisotopic (exact) mass is 464 g/mol. The van der Waals surface area contributed by atoms with E-state index in [1.165, 1.54) is 24.3 Å². The molecule has 0 atom stereocenters. The number of ketones is 1. The van der Waals surface area contributed by atoms with Crippen molar-refractivity contribution < 1.29 is 23.5 Å². The Bertz CT molecular complexity index is 1130. The molecule has 0 radical (unpaired) electrons. The van der Waals surface area contributed by atoms with E-state index >= 15 is 0 Å². The number of nitrogens with zero attached hydrogens (tertiary/aromatic N) is 2. The summed E-state index contributed by atoms with van der Waals surface area (Å²) in [6.45, 7) is 4.65. The van der Waals surface area contributed by atoms with E-state index in [1.807, 2.05) is 30.1 Å². The summed E-state index contributed by atoms with van der Waals surface area (Å²) in [5.74, 6) is -1.61. The van der Waals surface area contributed by atoms with Gasteiger partial charge >= 0.3 is 5.97 Å². The molecule has 2 aromatic carbocycles. The number of hydrogen-bond donors (Lipinski definition) is 0. The molecule has 1 fully saturated rings. The first-order valence-corrected chi connectivity index (χ1v) is 11.5. The highest BCUT2D eigenvalue weighted by Gasteiger charge is 2.38. The molecule has 0 bridgehead atoms. The van der Waals surface area contributed by atoms with E-state index in [0.29, 0.717) is 31.5 Å². The molecule has 0 N–H and O–H groups in total. The van der Waals surface area contributed by atoms with Crippen molar-refractivity contribution in [2.45, 2.75) is 32.1 Å². The molecule has 0 spiro atoms. The van der Waals surface area contributed by atoms with Crippen molar-refractivity contribution in [1.82, 2.24) is 4.90 Å². The van der Waals surface area contributed by atoms with Crippen LogP contribution < -0.4 is 4.90 Å². The van der Waals surface area contributed by atoms with E-state index in [4.69, 9.17) is 4.74 Å². The van der Waals surface area contributed by atoms with E-state index in [1.54, 1.807) is 11.0 Å². The lowest BCUT2D eigenvalue weighted by atomic mass is 9.83. The number of ether oxygens (including phenoxy) is 1. The number of para-hydroxylation sites is 1. The van der Waals surface area contributed by atoms with Crippen LogP contribution >= 0.6 is 0 Å². The van der Waals surface area contributed by atoms with Crippen LogP contribution in [0.3, 0.4) is 0 Å². The predicted molar refractivity (Wildman–Crippen MR) is 127 cm³/mol. The molecule has 2 aliphatic heterocycles. The normalized spacial score (nSPS) is 18.6. The average Bonchev–Trinajstić information content (AvgIpc) is 3.03. The number of esters is 1. The predicted octanol–water partition coefficient (Wildman–Crippen LogP) is 4.10. The SMILES string of the molecule is CN1C(=CC(=O)COC(=O)C2CCN(C(=O)c3ccc(F)cc3)CC2)C(C)(C)c2ccccc21. The molecule has 4 rings (SSSR count). The Balaban J connectivity index is 1.29. The van der Waals surface area contributed by atoms with Gasteiger partial charge in [0.25, 0.3) is 5.91 Å². The molecule has 178 valence electrons. The van der Waals surface area contributed by atoms with Crippen LogP contribution in [-0.4, -0.2) is 49.3 Å². The molecule has 2 heterocycles. The summed E-state index contributed by atoms with van der Waals surface area (Å²) in [7, 11) is 1.93. The maximum absolute atomic E-state index is 13.1. The Labute approximate surface area is 199 Å². The van der Waals surface area contributed by atoms with Crippen molar-refractivity contribution >= 4 is 23.3 Å². The second-order valence-electron chi connectivity index (χ2n) is 9.38. The maximum atomic E-state index is 13.1. The van der Waals surface area contributed by atoms with Crippen molar-refractivity contribution in [3.8, 4) is 0 Å². The number of anilines is 1. The lowest BCUT2D eigenvalue weighted by molar-refractivity contribution is -0.152. The van der Waals surface area contributed by atoms with E-state index in [2.05, 4.69) is 19.9 Å². The Morgan fingerprint density at radius 2 is 1.71 bits per heavy atom. The molecule has 0 aliphatic carbocycles. The first kappa shape index (κ1) is 23.7. The quantitative estimate of drug-likeness (QED) is 0.492. The van der Waals surface area contributed by atoms with Crippen LogP contribution in [0.5, 0.6) is 0 Å². The third kappa shape index (κ3) is 4.60. The lowest BCUT2D eigenvalue weighted by Gasteiger charge is -2.31. The summed E-state index contributed by atoms with van der Waals surface area (Å²) >= 11 is 0. The van der Waals surface area contributed by atoms with Crippen LogP contribution in [-0.2, 0) is 19.7 Å². The first-order valence-electron chi connectivity index (χ1n) is 11.5. The zero-order chi connectivity index (χ0) is 24.5. The van der Waals surface area contributed by atoms with Gasteiger partial charge in [0.2, 0.25) is 0 Å². The second-order valence-corrected chi connectivity index (χ2v) is 9.38. The van der Waals surface area contributed by atoms with Gasteiger partial charge in [-0.3, -0.25) is 14.4 Å². The molecular formula is C27H29FN2O4. The van der Waals surface area contributed by atoms with Crippen molar-refractivity contribution in [2.75, 3.05) is 31.6 Å². The zero-order valence-electron chi connectivity index (χ0n) is 19.7. The molecule has 7 heteroatoms. The number of carbonyl (C=O) groups excluding carboxylic acids is 3. The minimum atomic E-state index is -0.414. The Morgan fingerprint density at radius 1 is 1.06 bits per heavy atom. The van der Waals surface area contributed by atoms with Gasteiger partial charge in [-0.25, -0.2) is 4.39 Å². The van der Waals surface area contributed by atoms with Crippen LogP contribution in [0.1, 0.15) is 42.6 Å². The Hall–Kier alpha value is -3.48. The summed E-state index contributed by atoms with van der Waals surface area (Å²) < 4.78 is 18.4. The van der Waals surface area contributed by atoms with Gasteiger partial charge in [-0.05, 0) is 48.7 Å². The highest BCUT2D eigenvalue weighted by molar-refractivity contribution is 5.95. The first-order chi connectivity index (χ1) is 16.2. The molecule has 0 aromatic heterocycles. The largest absolute Gasteiger partial charge is 0.457 e. The molecule has 2 aromatic rings. The van der Waals surface area contributed by atoms with Crippen molar-refractivity contribution in [2.24, 2.45) is 5.92 Å². The Morgan fingerprint density at radius 3 is 2.35 bits per heavy atom. The fourth-order valence-corrected chi connectivity index (χ4v) is 4.81. The number of fused-ring (bicyclic) bond motifs is 1. The van der Waals surface area contributed by atoms with E-state index in [0.717, 1.165) is 16.9 Å². The van der Waals surface area contributed by atoms with E-state index in [-0.39, 0.29) is 29.6 Å². The minimum Gasteiger partial charge on any atom is -0.457 e. The number of likely N-dealkylation sites (N-methyl/N-ethyl adjacent to an activating group) is 1. The third-order valence-electron chi connectivity index (χ3n) is 6.80. The van der Waals surface area contributed by atoms with Crippen LogP contribution in [0.25, 0.3) is 0 Å². The van der Waals surface area contributed by atoms with Gasteiger partial charge in [0, 0.05) is 48.6 Å². The number of likely N-dealkylation sites (tertiary alicyclic amines) is 1. The van der Waals surface area contributed by atoms with Crippen LogP contribution in [0.15, 0.2) is 60.3 Å². The van der Waals surface area contributed by atoms with Gasteiger partial charge in [-0.1, -0.05) is 32.0 Å². The smallest absolute Gasteiger partial charge is 0.309 e. The molecule has 0 unspecified atom stereocenters. The highest BCUT2D eigenvalue weighted by atomic mass is 19.1. The molecule has 1 amide bonds. The van der Waals surface area contributed by atoms with Crippen molar-refractivity contribution in [3.05, 3.63) is 77.2 Å². The fraction of sp³-hybridized carbons (Fsp3) is 0.370. The molecule has 34 heavy (non-hydrogen) atoms. The maximum Gasteiger partial charge on any atom is 0.309 e. The molecular weight excluding hydrogens is 435 g/mol. The topological polar surface area (TPSA) is 66.9 Å². The zero-order valence-corrected chi connectivity index (χ0v) is 19.7. The van der Waals surface area contributed by atoms with Gasteiger partial charge in [-0.2, -0.15) is 0 Å². The molecule has 2 aliphatic rings. The second kappa shape index (κ2) is 9.41. The number of rotatable bonds is 5. The standard InChI is InChI=1S/C27H29FN2O4/c1-27(2)22-6-4-5-7-23(22)29(3)24(27)16-21(31)17-34-26(33)19-12-14-30(15-13-19)25(32)18-8-10-20(28)11-9-18/h4-11,16,19H,12-15,17H2,1-3H3. The van der Waals surface area contributed by atoms with Crippen LogP contribution in [0.4, 0.5) is 10.1 Å². The van der Waals surface area contributed by atoms with Crippen LogP contribution in [0.2, 0.25) is 0 Å². The van der Waals surface area contributed by atoms with E-state index in [9.17, 15) is 18.8 Å². The number of carbonyl (C=O) groups is 3. The summed E-state index contributed by atoms with van der Waals surface area (Å²) in [5.41, 5.74) is 3.17. The van der Waals surface area contributed by atoms with Crippen molar-refractivity contribution in [3.63, 3.8) is 0 Å². The summed E-state index contributed by atoms with van der Waals surface area (Å²) in [6.07, 6.45) is 2.50. The lowest BCUT2D eigenvalue weighted by Crippen LogP contribution is -2.40. The van der Waals surface area contributed by atoms with Crippen LogP contribution in [0, 0.1) is 11.7 Å². The van der Waals surface area contributed by atoms with Gasteiger partial charge < -0.3 is 14.5 Å².